The fourth-order valence-electron chi connectivity index (χ4n) is 2.86. The van der Waals surface area contributed by atoms with Crippen LogP contribution in [-0.4, -0.2) is 55.9 Å². The van der Waals surface area contributed by atoms with Gasteiger partial charge in [0.2, 0.25) is 0 Å². The summed E-state index contributed by atoms with van der Waals surface area (Å²) in [7, 11) is 1.59. The third kappa shape index (κ3) is 4.20. The highest BCUT2D eigenvalue weighted by Gasteiger charge is 2.36. The van der Waals surface area contributed by atoms with E-state index in [1.165, 1.54) is 12.1 Å². The zero-order valence-electron chi connectivity index (χ0n) is 14.1. The largest absolute Gasteiger partial charge is 0.490 e. The van der Waals surface area contributed by atoms with Crippen molar-refractivity contribution in [3.63, 3.8) is 0 Å². The topological polar surface area (TPSA) is 48.0 Å². The molecule has 128 valence electrons. The smallest absolute Gasteiger partial charge is 0.257 e. The molecule has 1 aromatic rings. The Morgan fingerprint density at radius 3 is 2.87 bits per heavy atom. The Bertz CT molecular complexity index is 562. The minimum atomic E-state index is -0.529. The lowest BCUT2D eigenvalue weighted by Crippen LogP contribution is -2.55. The van der Waals surface area contributed by atoms with Crippen LogP contribution in [0.5, 0.6) is 5.75 Å². The average molecular weight is 325 g/mol. The van der Waals surface area contributed by atoms with E-state index in [0.29, 0.717) is 26.3 Å². The molecule has 1 atom stereocenters. The third-order valence-corrected chi connectivity index (χ3v) is 3.61. The van der Waals surface area contributed by atoms with Crippen molar-refractivity contribution in [1.82, 2.24) is 4.90 Å². The number of carbonyl (C=O) groups excluding carboxylic acids is 1. The molecule has 0 saturated carbocycles. The molecule has 23 heavy (non-hydrogen) atoms. The van der Waals surface area contributed by atoms with Gasteiger partial charge in [-0.25, -0.2) is 4.39 Å². The van der Waals surface area contributed by atoms with E-state index in [2.05, 4.69) is 0 Å². The Balaban J connectivity index is 2.27. The fourth-order valence-corrected chi connectivity index (χ4v) is 2.86. The predicted octanol–water partition coefficient (Wildman–Crippen LogP) is 2.49. The molecule has 1 aromatic carbocycles. The lowest BCUT2D eigenvalue weighted by atomic mass is 10.0. The normalized spacial score (nSPS) is 20.4. The Kier molecular flexibility index (Phi) is 5.59. The number of hydrogen-bond acceptors (Lipinski definition) is 4. The summed E-state index contributed by atoms with van der Waals surface area (Å²) < 4.78 is 30.4. The van der Waals surface area contributed by atoms with Gasteiger partial charge in [0.05, 0.1) is 30.5 Å². The van der Waals surface area contributed by atoms with Crippen molar-refractivity contribution in [1.29, 1.82) is 0 Å². The van der Waals surface area contributed by atoms with Crippen LogP contribution in [0.4, 0.5) is 4.39 Å². The monoisotopic (exact) mass is 325 g/mol. The molecular weight excluding hydrogens is 301 g/mol. The first kappa shape index (κ1) is 17.7. The lowest BCUT2D eigenvalue weighted by molar-refractivity contribution is -0.143. The molecule has 0 bridgehead atoms. The van der Waals surface area contributed by atoms with Gasteiger partial charge in [0.25, 0.3) is 5.91 Å². The number of amides is 1. The minimum absolute atomic E-state index is 0.00703. The number of para-hydroxylation sites is 1. The van der Waals surface area contributed by atoms with Gasteiger partial charge in [0.15, 0.2) is 11.6 Å². The van der Waals surface area contributed by atoms with Crippen molar-refractivity contribution in [2.24, 2.45) is 0 Å². The summed E-state index contributed by atoms with van der Waals surface area (Å²) in [6, 6.07) is 4.40. The third-order valence-electron chi connectivity index (χ3n) is 3.61. The molecule has 1 unspecified atom stereocenters. The molecule has 1 heterocycles. The second-order valence-electron chi connectivity index (χ2n) is 6.19. The van der Waals surface area contributed by atoms with E-state index >= 15 is 0 Å². The minimum Gasteiger partial charge on any atom is -0.490 e. The maximum Gasteiger partial charge on any atom is 0.257 e. The van der Waals surface area contributed by atoms with Crippen molar-refractivity contribution in [3.05, 3.63) is 29.6 Å². The molecule has 0 aromatic heterocycles. The summed E-state index contributed by atoms with van der Waals surface area (Å²) in [5.41, 5.74) is -0.253. The Hall–Kier alpha value is -1.66. The molecule has 5 nitrogen and oxygen atoms in total. The molecule has 1 aliphatic heterocycles. The summed E-state index contributed by atoms with van der Waals surface area (Å²) >= 11 is 0. The van der Waals surface area contributed by atoms with Gasteiger partial charge in [0.1, 0.15) is 0 Å². The van der Waals surface area contributed by atoms with Crippen LogP contribution in [0.1, 0.15) is 31.1 Å². The molecule has 1 aliphatic rings. The molecule has 1 saturated heterocycles. The van der Waals surface area contributed by atoms with E-state index < -0.39 is 11.4 Å². The first-order valence-electron chi connectivity index (χ1n) is 7.75. The van der Waals surface area contributed by atoms with Gasteiger partial charge in [-0.1, -0.05) is 6.07 Å². The summed E-state index contributed by atoms with van der Waals surface area (Å²) in [4.78, 5) is 14.5. The number of methoxy groups -OCH3 is 1. The van der Waals surface area contributed by atoms with Gasteiger partial charge in [-0.2, -0.15) is 0 Å². The predicted molar refractivity (Wildman–Crippen MR) is 84.3 cm³/mol. The van der Waals surface area contributed by atoms with E-state index in [1.54, 1.807) is 25.0 Å². The van der Waals surface area contributed by atoms with Gasteiger partial charge in [-0.3, -0.25) is 4.79 Å². The number of rotatable bonds is 5. The highest BCUT2D eigenvalue weighted by atomic mass is 19.1. The van der Waals surface area contributed by atoms with Crippen LogP contribution in [0.3, 0.4) is 0 Å². The molecule has 0 spiro atoms. The maximum atomic E-state index is 14.0. The highest BCUT2D eigenvalue weighted by molar-refractivity contribution is 5.97. The van der Waals surface area contributed by atoms with Gasteiger partial charge in [-0.05, 0) is 32.9 Å². The Labute approximate surface area is 136 Å². The summed E-state index contributed by atoms with van der Waals surface area (Å²) in [5, 5.41) is 0. The van der Waals surface area contributed by atoms with Crippen LogP contribution in [0.2, 0.25) is 0 Å². The second kappa shape index (κ2) is 7.27. The SMILES string of the molecule is CCOc1c(F)cccc1C(=O)N1CC(COC)OC(C)(C)C1. The molecule has 0 N–H and O–H groups in total. The summed E-state index contributed by atoms with van der Waals surface area (Å²) in [6.07, 6.45) is -0.211. The van der Waals surface area contributed by atoms with Crippen LogP contribution in [0.15, 0.2) is 18.2 Å². The molecule has 0 aliphatic carbocycles. The fraction of sp³-hybridized carbons (Fsp3) is 0.588. The van der Waals surface area contributed by atoms with E-state index in [9.17, 15) is 9.18 Å². The second-order valence-corrected chi connectivity index (χ2v) is 6.19. The molecule has 1 fully saturated rings. The number of ether oxygens (including phenoxy) is 3. The van der Waals surface area contributed by atoms with E-state index in [1.807, 2.05) is 13.8 Å². The number of benzene rings is 1. The van der Waals surface area contributed by atoms with Gasteiger partial charge in [-0.15, -0.1) is 0 Å². The first-order valence-corrected chi connectivity index (χ1v) is 7.75. The highest BCUT2D eigenvalue weighted by Crippen LogP contribution is 2.27. The number of nitrogens with zero attached hydrogens (tertiary/aromatic N) is 1. The van der Waals surface area contributed by atoms with Crippen molar-refractivity contribution >= 4 is 5.91 Å². The van der Waals surface area contributed by atoms with Crippen molar-refractivity contribution < 1.29 is 23.4 Å². The quantitative estimate of drug-likeness (QED) is 0.834. The van der Waals surface area contributed by atoms with Crippen LogP contribution >= 0.6 is 0 Å². The molecule has 0 radical (unpaired) electrons. The summed E-state index contributed by atoms with van der Waals surface area (Å²) in [5.74, 6) is -0.781. The number of halogens is 1. The molecule has 1 amide bonds. The van der Waals surface area contributed by atoms with Gasteiger partial charge in [0, 0.05) is 20.2 Å². The van der Waals surface area contributed by atoms with Crippen LogP contribution in [-0.2, 0) is 9.47 Å². The Morgan fingerprint density at radius 2 is 2.22 bits per heavy atom. The van der Waals surface area contributed by atoms with E-state index in [-0.39, 0.29) is 23.3 Å². The lowest BCUT2D eigenvalue weighted by Gasteiger charge is -2.42. The average Bonchev–Trinajstić information content (AvgIpc) is 2.47. The van der Waals surface area contributed by atoms with Crippen molar-refractivity contribution in [2.45, 2.75) is 32.5 Å². The van der Waals surface area contributed by atoms with E-state index in [4.69, 9.17) is 14.2 Å². The number of morpholine rings is 1. The maximum absolute atomic E-state index is 14.0. The van der Waals surface area contributed by atoms with Crippen LogP contribution < -0.4 is 4.74 Å². The zero-order chi connectivity index (χ0) is 17.0. The zero-order valence-corrected chi connectivity index (χ0v) is 14.1. The number of hydrogen-bond donors (Lipinski definition) is 0. The standard InChI is InChI=1S/C17H24FNO4/c1-5-22-15-13(7-6-8-14(15)18)16(20)19-9-12(10-21-4)23-17(2,3)11-19/h6-8,12H,5,9-11H2,1-4H3. The molecular formula is C17H24FNO4. The van der Waals surface area contributed by atoms with Gasteiger partial charge < -0.3 is 19.1 Å². The number of carbonyl (C=O) groups is 1. The first-order chi connectivity index (χ1) is 10.9. The van der Waals surface area contributed by atoms with Crippen molar-refractivity contribution in [3.8, 4) is 5.75 Å². The van der Waals surface area contributed by atoms with Crippen LogP contribution in [0, 0.1) is 5.82 Å². The summed E-state index contributed by atoms with van der Waals surface area (Å²) in [6.45, 7) is 7.12. The van der Waals surface area contributed by atoms with E-state index in [0.717, 1.165) is 0 Å². The van der Waals surface area contributed by atoms with Gasteiger partial charge >= 0.3 is 0 Å². The molecule has 6 heteroatoms. The molecule has 2 rings (SSSR count). The van der Waals surface area contributed by atoms with Crippen molar-refractivity contribution in [2.75, 3.05) is 33.4 Å². The van der Waals surface area contributed by atoms with Crippen LogP contribution in [0.25, 0.3) is 0 Å². The Morgan fingerprint density at radius 1 is 1.48 bits per heavy atom.